The lowest BCUT2D eigenvalue weighted by molar-refractivity contribution is 0.0696. The van der Waals surface area contributed by atoms with Crippen LogP contribution in [0.3, 0.4) is 0 Å². The second kappa shape index (κ2) is 7.05. The van der Waals surface area contributed by atoms with Crippen LogP contribution in [0.2, 0.25) is 0 Å². The smallest absolute Gasteiger partial charge is 0.335 e. The summed E-state index contributed by atoms with van der Waals surface area (Å²) in [6.07, 6.45) is 0.256. The number of sulfonamides is 1. The van der Waals surface area contributed by atoms with Gasteiger partial charge in [-0.15, -0.1) is 0 Å². The van der Waals surface area contributed by atoms with Gasteiger partial charge < -0.3 is 5.11 Å². The minimum absolute atomic E-state index is 0.000964. The Morgan fingerprint density at radius 2 is 2.00 bits per heavy atom. The van der Waals surface area contributed by atoms with Crippen molar-refractivity contribution < 1.29 is 26.7 Å². The van der Waals surface area contributed by atoms with Crippen molar-refractivity contribution in [1.82, 2.24) is 4.31 Å². The highest BCUT2D eigenvalue weighted by Gasteiger charge is 2.39. The Hall–Kier alpha value is -1.45. The molecule has 1 aromatic rings. The van der Waals surface area contributed by atoms with E-state index in [1.807, 2.05) is 13.8 Å². The van der Waals surface area contributed by atoms with E-state index in [0.29, 0.717) is 5.56 Å². The number of aryl methyl sites for hydroxylation is 1. The predicted molar refractivity (Wildman–Crippen MR) is 93.9 cm³/mol. The van der Waals surface area contributed by atoms with Crippen LogP contribution >= 0.6 is 0 Å². The normalized spacial score (nSPS) is 20.3. The molecule has 0 aliphatic carbocycles. The number of carbonyl (C=O) groups is 1. The molecule has 1 saturated heterocycles. The fourth-order valence-electron chi connectivity index (χ4n) is 2.94. The standard InChI is InChI=1S/C16H23NO6S2/c1-11(2)9-17(14-6-7-24(20,21)10-14)25(22,23)15-8-13(16(18)19)5-4-12(15)3/h4-5,8,11,14H,6-7,9-10H2,1-3H3,(H,18,19)/t14-/m0/s1. The van der Waals surface area contributed by atoms with E-state index in [1.165, 1.54) is 16.4 Å². The van der Waals surface area contributed by atoms with Gasteiger partial charge in [0.05, 0.1) is 22.0 Å². The van der Waals surface area contributed by atoms with E-state index in [9.17, 15) is 21.6 Å². The summed E-state index contributed by atoms with van der Waals surface area (Å²) < 4.78 is 51.2. The number of nitrogens with zero attached hydrogens (tertiary/aromatic N) is 1. The van der Waals surface area contributed by atoms with Gasteiger partial charge in [-0.25, -0.2) is 21.6 Å². The third kappa shape index (κ3) is 4.39. The zero-order chi connectivity index (χ0) is 19.0. The van der Waals surface area contributed by atoms with E-state index in [4.69, 9.17) is 5.11 Å². The maximum absolute atomic E-state index is 13.2. The van der Waals surface area contributed by atoms with Crippen molar-refractivity contribution in [1.29, 1.82) is 0 Å². The molecule has 1 aliphatic heterocycles. The number of carboxylic acid groups (broad SMARTS) is 1. The fraction of sp³-hybridized carbons (Fsp3) is 0.562. The summed E-state index contributed by atoms with van der Waals surface area (Å²) in [6, 6.07) is 3.33. The van der Waals surface area contributed by atoms with E-state index in [1.54, 1.807) is 6.92 Å². The van der Waals surface area contributed by atoms with Crippen LogP contribution in [0.5, 0.6) is 0 Å². The molecule has 1 heterocycles. The van der Waals surface area contributed by atoms with Gasteiger partial charge in [-0.3, -0.25) is 0 Å². The van der Waals surface area contributed by atoms with Crippen LogP contribution in [0.15, 0.2) is 23.1 Å². The van der Waals surface area contributed by atoms with E-state index < -0.39 is 31.9 Å². The molecule has 9 heteroatoms. The van der Waals surface area contributed by atoms with Crippen molar-refractivity contribution in [2.75, 3.05) is 18.1 Å². The van der Waals surface area contributed by atoms with Crippen LogP contribution in [0, 0.1) is 12.8 Å². The van der Waals surface area contributed by atoms with Gasteiger partial charge in [0.2, 0.25) is 10.0 Å². The Balaban J connectivity index is 2.52. The number of hydrogen-bond acceptors (Lipinski definition) is 5. The van der Waals surface area contributed by atoms with Gasteiger partial charge in [0.1, 0.15) is 0 Å². The lowest BCUT2D eigenvalue weighted by atomic mass is 10.1. The lowest BCUT2D eigenvalue weighted by Gasteiger charge is -2.29. The first-order valence-electron chi connectivity index (χ1n) is 8.00. The van der Waals surface area contributed by atoms with Crippen LogP contribution in [0.1, 0.15) is 36.2 Å². The molecular weight excluding hydrogens is 366 g/mol. The molecule has 1 aliphatic rings. The highest BCUT2D eigenvalue weighted by molar-refractivity contribution is 7.92. The maximum atomic E-state index is 13.2. The Labute approximate surface area is 148 Å². The molecule has 0 unspecified atom stereocenters. The van der Waals surface area contributed by atoms with Crippen LogP contribution in [0.4, 0.5) is 0 Å². The molecule has 1 atom stereocenters. The molecule has 0 radical (unpaired) electrons. The lowest BCUT2D eigenvalue weighted by Crippen LogP contribution is -2.43. The third-order valence-corrected chi connectivity index (χ3v) is 7.99. The largest absolute Gasteiger partial charge is 0.478 e. The molecule has 140 valence electrons. The second-order valence-electron chi connectivity index (χ2n) is 6.81. The monoisotopic (exact) mass is 389 g/mol. The number of carboxylic acids is 1. The molecule has 25 heavy (non-hydrogen) atoms. The average Bonchev–Trinajstić information content (AvgIpc) is 2.84. The summed E-state index contributed by atoms with van der Waals surface area (Å²) in [7, 11) is -7.26. The number of aromatic carboxylic acids is 1. The van der Waals surface area contributed by atoms with Crippen molar-refractivity contribution in [2.45, 2.75) is 38.1 Å². The molecule has 1 fully saturated rings. The molecular formula is C16H23NO6S2. The number of benzene rings is 1. The van der Waals surface area contributed by atoms with Crippen molar-refractivity contribution in [2.24, 2.45) is 5.92 Å². The Kier molecular flexibility index (Phi) is 5.60. The van der Waals surface area contributed by atoms with Crippen molar-refractivity contribution in [3.8, 4) is 0 Å². The molecule has 0 bridgehead atoms. The molecule has 0 saturated carbocycles. The maximum Gasteiger partial charge on any atom is 0.335 e. The first-order chi connectivity index (χ1) is 11.4. The quantitative estimate of drug-likeness (QED) is 0.790. The molecule has 0 spiro atoms. The van der Waals surface area contributed by atoms with Crippen LogP contribution in [-0.4, -0.2) is 56.3 Å². The first-order valence-corrected chi connectivity index (χ1v) is 11.3. The van der Waals surface area contributed by atoms with Crippen LogP contribution < -0.4 is 0 Å². The van der Waals surface area contributed by atoms with E-state index in [2.05, 4.69) is 0 Å². The summed E-state index contributed by atoms with van der Waals surface area (Å²) >= 11 is 0. The van der Waals surface area contributed by atoms with Gasteiger partial charge in [0, 0.05) is 12.6 Å². The van der Waals surface area contributed by atoms with Gasteiger partial charge in [-0.1, -0.05) is 19.9 Å². The van der Waals surface area contributed by atoms with Gasteiger partial charge >= 0.3 is 5.97 Å². The minimum atomic E-state index is -4.01. The van der Waals surface area contributed by atoms with Crippen molar-refractivity contribution in [3.05, 3.63) is 29.3 Å². The second-order valence-corrected chi connectivity index (χ2v) is 10.9. The minimum Gasteiger partial charge on any atom is -0.478 e. The van der Waals surface area contributed by atoms with Gasteiger partial charge in [0.15, 0.2) is 9.84 Å². The van der Waals surface area contributed by atoms with Crippen LogP contribution in [0.25, 0.3) is 0 Å². The summed E-state index contributed by atoms with van der Waals surface area (Å²) in [5.41, 5.74) is 0.312. The Bertz CT molecular complexity index is 874. The molecule has 7 nitrogen and oxygen atoms in total. The van der Waals surface area contributed by atoms with Crippen molar-refractivity contribution in [3.63, 3.8) is 0 Å². The summed E-state index contributed by atoms with van der Waals surface area (Å²) in [4.78, 5) is 11.1. The van der Waals surface area contributed by atoms with E-state index in [-0.39, 0.29) is 40.8 Å². The molecule has 1 aromatic carbocycles. The van der Waals surface area contributed by atoms with E-state index in [0.717, 1.165) is 6.07 Å². The average molecular weight is 389 g/mol. The molecule has 2 rings (SSSR count). The summed E-state index contributed by atoms with van der Waals surface area (Å²) in [6.45, 7) is 5.48. The molecule has 1 N–H and O–H groups in total. The summed E-state index contributed by atoms with van der Waals surface area (Å²) in [5.74, 6) is -1.44. The third-order valence-electron chi connectivity index (χ3n) is 4.18. The Morgan fingerprint density at radius 1 is 1.36 bits per heavy atom. The highest BCUT2D eigenvalue weighted by atomic mass is 32.2. The SMILES string of the molecule is Cc1ccc(C(=O)O)cc1S(=O)(=O)N(CC(C)C)[C@H]1CCS(=O)(=O)C1. The zero-order valence-electron chi connectivity index (χ0n) is 14.5. The number of hydrogen-bond donors (Lipinski definition) is 1. The highest BCUT2D eigenvalue weighted by Crippen LogP contribution is 2.28. The number of sulfone groups is 1. The van der Waals surface area contributed by atoms with E-state index >= 15 is 0 Å². The van der Waals surface area contributed by atoms with Gasteiger partial charge in [-0.2, -0.15) is 4.31 Å². The fourth-order valence-corrected chi connectivity index (χ4v) is 6.84. The zero-order valence-corrected chi connectivity index (χ0v) is 16.1. The number of rotatable bonds is 6. The van der Waals surface area contributed by atoms with Crippen LogP contribution in [-0.2, 0) is 19.9 Å². The Morgan fingerprint density at radius 3 is 2.48 bits per heavy atom. The molecule has 0 aromatic heterocycles. The summed E-state index contributed by atoms with van der Waals surface area (Å²) in [5, 5.41) is 9.14. The van der Waals surface area contributed by atoms with Gasteiger partial charge in [-0.05, 0) is 37.0 Å². The van der Waals surface area contributed by atoms with Crippen molar-refractivity contribution >= 4 is 25.8 Å². The predicted octanol–water partition coefficient (Wildman–Crippen LogP) is 1.53. The first kappa shape index (κ1) is 19.9. The van der Waals surface area contributed by atoms with Gasteiger partial charge in [0.25, 0.3) is 0 Å². The topological polar surface area (TPSA) is 109 Å². The molecule has 0 amide bonds.